The molecular weight excluding hydrogens is 412 g/mol. The summed E-state index contributed by atoms with van der Waals surface area (Å²) in [5, 5.41) is 10.8. The molecule has 3 heterocycles. The number of hydrogen-bond donors (Lipinski definition) is 2. The lowest BCUT2D eigenvalue weighted by Gasteiger charge is -2.32. The topological polar surface area (TPSA) is 75.1 Å². The molecule has 0 bridgehead atoms. The summed E-state index contributed by atoms with van der Waals surface area (Å²) >= 11 is 0. The number of rotatable bonds is 7. The molecule has 1 aliphatic heterocycles. The summed E-state index contributed by atoms with van der Waals surface area (Å²) in [7, 11) is 0. The van der Waals surface area contributed by atoms with Gasteiger partial charge in [0.05, 0.1) is 12.7 Å². The normalized spacial score (nSPS) is 16.7. The van der Waals surface area contributed by atoms with Gasteiger partial charge in [0.2, 0.25) is 5.91 Å². The van der Waals surface area contributed by atoms with Gasteiger partial charge >= 0.3 is 0 Å². The van der Waals surface area contributed by atoms with E-state index in [1.165, 1.54) is 5.56 Å². The van der Waals surface area contributed by atoms with Gasteiger partial charge in [-0.15, -0.1) is 0 Å². The Kier molecular flexibility index (Phi) is 7.08. The molecule has 1 amide bonds. The first kappa shape index (κ1) is 23.0. The van der Waals surface area contributed by atoms with E-state index >= 15 is 0 Å². The Hall–Kier alpha value is -3.19. The molecule has 0 spiro atoms. The Labute approximate surface area is 196 Å². The van der Waals surface area contributed by atoms with E-state index in [2.05, 4.69) is 77.8 Å². The fourth-order valence-electron chi connectivity index (χ4n) is 4.43. The van der Waals surface area contributed by atoms with Crippen molar-refractivity contribution in [3.05, 3.63) is 65.6 Å². The van der Waals surface area contributed by atoms with Gasteiger partial charge < -0.3 is 10.6 Å². The molecule has 2 aromatic heterocycles. The number of anilines is 3. The Morgan fingerprint density at radius 2 is 1.91 bits per heavy atom. The lowest BCUT2D eigenvalue weighted by Crippen LogP contribution is -2.40. The van der Waals surface area contributed by atoms with Crippen LogP contribution in [-0.2, 0) is 4.79 Å². The molecule has 0 radical (unpaired) electrons. The summed E-state index contributed by atoms with van der Waals surface area (Å²) in [6.07, 6.45) is 3.86. The Morgan fingerprint density at radius 1 is 1.12 bits per heavy atom. The maximum absolute atomic E-state index is 12.7. The summed E-state index contributed by atoms with van der Waals surface area (Å²) in [5.74, 6) is 1.05. The highest BCUT2D eigenvalue weighted by Crippen LogP contribution is 2.29. The van der Waals surface area contributed by atoms with Gasteiger partial charge in [0.15, 0.2) is 0 Å². The van der Waals surface area contributed by atoms with Crippen molar-refractivity contribution in [2.24, 2.45) is 0 Å². The molecule has 33 heavy (non-hydrogen) atoms. The van der Waals surface area contributed by atoms with Gasteiger partial charge in [-0.1, -0.05) is 17.7 Å². The average molecular weight is 447 g/mol. The minimum atomic E-state index is -0.00280. The second kappa shape index (κ2) is 10.2. The standard InChI is InChI=1S/C26H34N6O/c1-18(2)32-25(11-12-27-32)30-26(33)17-31-13-5-6-21(16-31)24-15-23(14-20(4)28-24)29-22-9-7-19(3)8-10-22/h7-12,14-15,18,21H,5-6,13,16-17H2,1-4H3,(H,28,29)(H,30,33)/t21-/m1/s1. The quantitative estimate of drug-likeness (QED) is 0.532. The summed E-state index contributed by atoms with van der Waals surface area (Å²) in [6, 6.07) is 14.7. The number of carbonyl (C=O) groups excluding carboxylic acids is 1. The summed E-state index contributed by atoms with van der Waals surface area (Å²) < 4.78 is 1.83. The van der Waals surface area contributed by atoms with Gasteiger partial charge in [-0.2, -0.15) is 5.10 Å². The van der Waals surface area contributed by atoms with E-state index in [0.29, 0.717) is 12.5 Å². The molecule has 3 aromatic rings. The van der Waals surface area contributed by atoms with E-state index in [9.17, 15) is 4.79 Å². The van der Waals surface area contributed by atoms with Gasteiger partial charge in [-0.3, -0.25) is 14.7 Å². The van der Waals surface area contributed by atoms with E-state index in [0.717, 1.165) is 54.5 Å². The van der Waals surface area contributed by atoms with Gasteiger partial charge in [-0.25, -0.2) is 4.68 Å². The molecule has 0 unspecified atom stereocenters. The molecule has 0 aliphatic carbocycles. The summed E-state index contributed by atoms with van der Waals surface area (Å²) in [4.78, 5) is 19.8. The van der Waals surface area contributed by atoms with Crippen molar-refractivity contribution in [3.63, 3.8) is 0 Å². The molecule has 1 fully saturated rings. The maximum Gasteiger partial charge on any atom is 0.239 e. The fraction of sp³-hybridized carbons (Fsp3) is 0.423. The average Bonchev–Trinajstić information content (AvgIpc) is 3.23. The molecule has 1 aromatic carbocycles. The minimum Gasteiger partial charge on any atom is -0.355 e. The third kappa shape index (κ3) is 5.99. The van der Waals surface area contributed by atoms with Crippen molar-refractivity contribution in [1.82, 2.24) is 19.7 Å². The highest BCUT2D eigenvalue weighted by molar-refractivity contribution is 5.91. The van der Waals surface area contributed by atoms with Crippen LogP contribution in [0.2, 0.25) is 0 Å². The number of hydrogen-bond acceptors (Lipinski definition) is 5. The van der Waals surface area contributed by atoms with Crippen LogP contribution in [0.5, 0.6) is 0 Å². The zero-order valence-electron chi connectivity index (χ0n) is 20.0. The number of piperidine rings is 1. The highest BCUT2D eigenvalue weighted by atomic mass is 16.2. The first-order valence-electron chi connectivity index (χ1n) is 11.8. The minimum absolute atomic E-state index is 0.00280. The summed E-state index contributed by atoms with van der Waals surface area (Å²) in [6.45, 7) is 10.4. The first-order valence-corrected chi connectivity index (χ1v) is 11.8. The zero-order chi connectivity index (χ0) is 23.4. The van der Waals surface area contributed by atoms with E-state index in [-0.39, 0.29) is 11.9 Å². The predicted octanol–water partition coefficient (Wildman–Crippen LogP) is 5.04. The molecule has 1 aliphatic rings. The van der Waals surface area contributed by atoms with Crippen LogP contribution in [0.3, 0.4) is 0 Å². The summed E-state index contributed by atoms with van der Waals surface area (Å²) in [5.41, 5.74) is 5.46. The van der Waals surface area contributed by atoms with E-state index in [1.54, 1.807) is 6.20 Å². The highest BCUT2D eigenvalue weighted by Gasteiger charge is 2.24. The van der Waals surface area contributed by atoms with Crippen LogP contribution in [0.1, 0.15) is 55.6 Å². The number of nitrogens with one attached hydrogen (secondary N) is 2. The largest absolute Gasteiger partial charge is 0.355 e. The van der Waals surface area contributed by atoms with Crippen LogP contribution >= 0.6 is 0 Å². The molecule has 4 rings (SSSR count). The number of likely N-dealkylation sites (tertiary alicyclic amines) is 1. The van der Waals surface area contributed by atoms with Crippen molar-refractivity contribution < 1.29 is 4.79 Å². The second-order valence-electron chi connectivity index (χ2n) is 9.29. The Bertz CT molecular complexity index is 1090. The number of aromatic nitrogens is 3. The molecule has 7 nitrogen and oxygen atoms in total. The molecule has 0 saturated carbocycles. The van der Waals surface area contributed by atoms with Crippen LogP contribution < -0.4 is 10.6 Å². The van der Waals surface area contributed by atoms with Crippen molar-refractivity contribution in [2.45, 2.75) is 52.5 Å². The van der Waals surface area contributed by atoms with Crippen LogP contribution in [0.15, 0.2) is 48.7 Å². The van der Waals surface area contributed by atoms with Crippen molar-refractivity contribution in [3.8, 4) is 0 Å². The molecule has 7 heteroatoms. The lowest BCUT2D eigenvalue weighted by molar-refractivity contribution is -0.117. The van der Waals surface area contributed by atoms with Crippen LogP contribution in [0, 0.1) is 13.8 Å². The Balaban J connectivity index is 1.40. The van der Waals surface area contributed by atoms with E-state index < -0.39 is 0 Å². The van der Waals surface area contributed by atoms with Gasteiger partial charge in [-0.05, 0) is 71.3 Å². The van der Waals surface area contributed by atoms with Crippen molar-refractivity contribution in [1.29, 1.82) is 0 Å². The van der Waals surface area contributed by atoms with E-state index in [1.807, 2.05) is 17.7 Å². The van der Waals surface area contributed by atoms with Gasteiger partial charge in [0.25, 0.3) is 0 Å². The Morgan fingerprint density at radius 3 is 2.67 bits per heavy atom. The van der Waals surface area contributed by atoms with Gasteiger partial charge in [0, 0.05) is 47.3 Å². The third-order valence-electron chi connectivity index (χ3n) is 6.03. The third-order valence-corrected chi connectivity index (χ3v) is 6.03. The van der Waals surface area contributed by atoms with Crippen LogP contribution in [0.25, 0.3) is 0 Å². The number of carbonyl (C=O) groups is 1. The molecule has 1 saturated heterocycles. The smallest absolute Gasteiger partial charge is 0.239 e. The number of benzene rings is 1. The predicted molar refractivity (Wildman–Crippen MR) is 133 cm³/mol. The number of aryl methyl sites for hydroxylation is 2. The van der Waals surface area contributed by atoms with Crippen molar-refractivity contribution in [2.75, 3.05) is 30.3 Å². The van der Waals surface area contributed by atoms with Crippen LogP contribution in [-0.4, -0.2) is 45.2 Å². The first-order chi connectivity index (χ1) is 15.9. The van der Waals surface area contributed by atoms with Crippen LogP contribution in [0.4, 0.5) is 17.2 Å². The SMILES string of the molecule is Cc1ccc(Nc2cc(C)nc([C@@H]3CCCN(CC(=O)Nc4ccnn4C(C)C)C3)c2)cc1. The van der Waals surface area contributed by atoms with Crippen molar-refractivity contribution >= 4 is 23.1 Å². The van der Waals surface area contributed by atoms with Gasteiger partial charge in [0.1, 0.15) is 5.82 Å². The van der Waals surface area contributed by atoms with E-state index in [4.69, 9.17) is 4.98 Å². The molecule has 2 N–H and O–H groups in total. The molecule has 1 atom stereocenters. The fourth-order valence-corrected chi connectivity index (χ4v) is 4.43. The number of amides is 1. The monoisotopic (exact) mass is 446 g/mol. The molecule has 174 valence electrons. The number of pyridine rings is 1. The lowest BCUT2D eigenvalue weighted by atomic mass is 9.93. The number of nitrogens with zero attached hydrogens (tertiary/aromatic N) is 4. The maximum atomic E-state index is 12.7. The second-order valence-corrected chi connectivity index (χ2v) is 9.29. The molecular formula is C26H34N6O. The zero-order valence-corrected chi connectivity index (χ0v) is 20.0.